The van der Waals surface area contributed by atoms with Crippen LogP contribution in [0.3, 0.4) is 0 Å². The summed E-state index contributed by atoms with van der Waals surface area (Å²) in [5.74, 6) is 1.93. The lowest BCUT2D eigenvalue weighted by Gasteiger charge is -2.18. The highest BCUT2D eigenvalue weighted by Gasteiger charge is 2.19. The highest BCUT2D eigenvalue weighted by atomic mass is 16.5. The molecule has 0 fully saturated rings. The van der Waals surface area contributed by atoms with Gasteiger partial charge >= 0.3 is 0 Å². The molecule has 6 heteroatoms. The molecule has 0 aliphatic rings. The number of aryl methyl sites for hydroxylation is 1. The summed E-state index contributed by atoms with van der Waals surface area (Å²) in [6, 6.07) is 13.5. The first-order valence-electron chi connectivity index (χ1n) is 10.3. The fourth-order valence-corrected chi connectivity index (χ4v) is 2.87. The van der Waals surface area contributed by atoms with Crippen molar-refractivity contribution in [2.24, 2.45) is 0 Å². The van der Waals surface area contributed by atoms with Crippen molar-refractivity contribution >= 4 is 5.91 Å². The van der Waals surface area contributed by atoms with Crippen molar-refractivity contribution in [3.63, 3.8) is 0 Å². The molecule has 1 atom stereocenters. The number of carbonyl (C=O) groups excluding carboxylic acids is 1. The first-order valence-corrected chi connectivity index (χ1v) is 10.3. The maximum atomic E-state index is 12.5. The molecule has 6 nitrogen and oxygen atoms in total. The van der Waals surface area contributed by atoms with Crippen LogP contribution in [-0.4, -0.2) is 45.0 Å². The van der Waals surface area contributed by atoms with Gasteiger partial charge in [0, 0.05) is 13.2 Å². The first kappa shape index (κ1) is 23.5. The lowest BCUT2D eigenvalue weighted by atomic mass is 10.1. The van der Waals surface area contributed by atoms with Gasteiger partial charge in [-0.3, -0.25) is 4.79 Å². The fraction of sp³-hybridized carbons (Fsp3) is 0.458. The minimum Gasteiger partial charge on any atom is -0.493 e. The SMILES string of the molecule is CCO[C@H](COc1ccc(C)cc1)C(=O)NCCc1ccc(OC(C)C)c(OC)c1. The van der Waals surface area contributed by atoms with Gasteiger partial charge < -0.3 is 24.3 Å². The van der Waals surface area contributed by atoms with E-state index in [0.29, 0.717) is 36.8 Å². The van der Waals surface area contributed by atoms with Gasteiger partial charge in [-0.05, 0) is 63.9 Å². The molecule has 0 saturated carbocycles. The monoisotopic (exact) mass is 415 g/mol. The summed E-state index contributed by atoms with van der Waals surface area (Å²) in [6.07, 6.45) is 0.0798. The van der Waals surface area contributed by atoms with E-state index in [-0.39, 0.29) is 18.6 Å². The van der Waals surface area contributed by atoms with Gasteiger partial charge in [0.1, 0.15) is 12.4 Å². The molecule has 0 aromatic heterocycles. The number of methoxy groups -OCH3 is 1. The van der Waals surface area contributed by atoms with E-state index in [2.05, 4.69) is 5.32 Å². The second-order valence-electron chi connectivity index (χ2n) is 7.26. The maximum absolute atomic E-state index is 12.5. The predicted octanol–water partition coefficient (Wildman–Crippen LogP) is 3.93. The summed E-state index contributed by atoms with van der Waals surface area (Å²) in [6.45, 7) is 8.91. The van der Waals surface area contributed by atoms with E-state index in [0.717, 1.165) is 11.1 Å². The van der Waals surface area contributed by atoms with Crippen LogP contribution in [0.1, 0.15) is 31.9 Å². The molecule has 0 heterocycles. The van der Waals surface area contributed by atoms with E-state index in [9.17, 15) is 4.79 Å². The van der Waals surface area contributed by atoms with Crippen LogP contribution in [0.25, 0.3) is 0 Å². The summed E-state index contributed by atoms with van der Waals surface area (Å²) >= 11 is 0. The third-order valence-corrected chi connectivity index (χ3v) is 4.39. The zero-order valence-electron chi connectivity index (χ0n) is 18.6. The summed E-state index contributed by atoms with van der Waals surface area (Å²) in [4.78, 5) is 12.5. The molecule has 0 saturated heterocycles. The van der Waals surface area contributed by atoms with Crippen LogP contribution in [-0.2, 0) is 16.0 Å². The smallest absolute Gasteiger partial charge is 0.252 e. The minimum atomic E-state index is -0.660. The van der Waals surface area contributed by atoms with Crippen molar-refractivity contribution in [3.8, 4) is 17.2 Å². The molecule has 0 unspecified atom stereocenters. The summed E-state index contributed by atoms with van der Waals surface area (Å²) in [5, 5.41) is 2.93. The Morgan fingerprint density at radius 3 is 2.43 bits per heavy atom. The van der Waals surface area contributed by atoms with E-state index >= 15 is 0 Å². The van der Waals surface area contributed by atoms with E-state index in [1.807, 2.05) is 70.2 Å². The molecular weight excluding hydrogens is 382 g/mol. The van der Waals surface area contributed by atoms with Gasteiger partial charge in [-0.1, -0.05) is 23.8 Å². The number of ether oxygens (including phenoxy) is 4. The van der Waals surface area contributed by atoms with Gasteiger partial charge in [-0.15, -0.1) is 0 Å². The predicted molar refractivity (Wildman–Crippen MR) is 118 cm³/mol. The van der Waals surface area contributed by atoms with Gasteiger partial charge in [-0.2, -0.15) is 0 Å². The molecule has 30 heavy (non-hydrogen) atoms. The van der Waals surface area contributed by atoms with Crippen LogP contribution < -0.4 is 19.5 Å². The molecule has 164 valence electrons. The summed E-state index contributed by atoms with van der Waals surface area (Å²) < 4.78 is 22.4. The highest BCUT2D eigenvalue weighted by Crippen LogP contribution is 2.29. The molecule has 0 bridgehead atoms. The van der Waals surface area contributed by atoms with Crippen LogP contribution in [0.4, 0.5) is 0 Å². The van der Waals surface area contributed by atoms with Crippen LogP contribution in [0.5, 0.6) is 17.2 Å². The van der Waals surface area contributed by atoms with Crippen LogP contribution >= 0.6 is 0 Å². The van der Waals surface area contributed by atoms with E-state index in [1.54, 1.807) is 7.11 Å². The standard InChI is InChI=1S/C24H33NO5/c1-6-28-23(16-29-20-10-7-18(4)8-11-20)24(26)25-14-13-19-9-12-21(30-17(2)3)22(15-19)27-5/h7-12,15,17,23H,6,13-14,16H2,1-5H3,(H,25,26)/t23-/m1/s1. The number of nitrogens with one attached hydrogen (secondary N) is 1. The van der Waals surface area contributed by atoms with Gasteiger partial charge in [0.2, 0.25) is 0 Å². The number of hydrogen-bond donors (Lipinski definition) is 1. The molecule has 0 aliphatic heterocycles. The van der Waals surface area contributed by atoms with Crippen LogP contribution in [0, 0.1) is 6.92 Å². The minimum absolute atomic E-state index is 0.0710. The second kappa shape index (κ2) is 12.1. The zero-order valence-corrected chi connectivity index (χ0v) is 18.6. The topological polar surface area (TPSA) is 66.0 Å². The fourth-order valence-electron chi connectivity index (χ4n) is 2.87. The number of hydrogen-bond acceptors (Lipinski definition) is 5. The average Bonchev–Trinajstić information content (AvgIpc) is 2.72. The Labute approximate surface area is 179 Å². The van der Waals surface area contributed by atoms with Crippen molar-refractivity contribution in [3.05, 3.63) is 53.6 Å². The van der Waals surface area contributed by atoms with Crippen molar-refractivity contribution in [2.45, 2.75) is 46.3 Å². The quantitative estimate of drug-likeness (QED) is 0.569. The molecule has 2 aromatic rings. The van der Waals surface area contributed by atoms with Crippen molar-refractivity contribution < 1.29 is 23.7 Å². The third kappa shape index (κ3) is 7.59. The Morgan fingerprint density at radius 2 is 1.80 bits per heavy atom. The van der Waals surface area contributed by atoms with Crippen molar-refractivity contribution in [1.29, 1.82) is 0 Å². The van der Waals surface area contributed by atoms with Crippen molar-refractivity contribution in [2.75, 3.05) is 26.9 Å². The molecule has 2 rings (SSSR count). The molecule has 0 aliphatic carbocycles. The largest absolute Gasteiger partial charge is 0.493 e. The molecule has 1 N–H and O–H groups in total. The Kier molecular flexibility index (Phi) is 9.48. The van der Waals surface area contributed by atoms with Gasteiger partial charge in [-0.25, -0.2) is 0 Å². The Hall–Kier alpha value is -2.73. The van der Waals surface area contributed by atoms with E-state index < -0.39 is 6.10 Å². The zero-order chi connectivity index (χ0) is 21.9. The lowest BCUT2D eigenvalue weighted by molar-refractivity contribution is -0.134. The summed E-state index contributed by atoms with van der Waals surface area (Å²) in [7, 11) is 1.62. The molecule has 0 spiro atoms. The molecule has 0 radical (unpaired) electrons. The molecular formula is C24H33NO5. The number of carbonyl (C=O) groups is 1. The van der Waals surface area contributed by atoms with Crippen LogP contribution in [0.15, 0.2) is 42.5 Å². The van der Waals surface area contributed by atoms with E-state index in [1.165, 1.54) is 0 Å². The summed E-state index contributed by atoms with van der Waals surface area (Å²) in [5.41, 5.74) is 2.20. The maximum Gasteiger partial charge on any atom is 0.252 e. The Bertz CT molecular complexity index is 789. The van der Waals surface area contributed by atoms with Crippen molar-refractivity contribution in [1.82, 2.24) is 5.32 Å². The van der Waals surface area contributed by atoms with Gasteiger partial charge in [0.15, 0.2) is 17.6 Å². The first-order chi connectivity index (χ1) is 14.4. The van der Waals surface area contributed by atoms with E-state index in [4.69, 9.17) is 18.9 Å². The second-order valence-corrected chi connectivity index (χ2v) is 7.26. The van der Waals surface area contributed by atoms with Crippen LogP contribution in [0.2, 0.25) is 0 Å². The molecule has 1 amide bonds. The highest BCUT2D eigenvalue weighted by molar-refractivity contribution is 5.81. The number of rotatable bonds is 12. The Balaban J connectivity index is 1.86. The molecule has 2 aromatic carbocycles. The lowest BCUT2D eigenvalue weighted by Crippen LogP contribution is -2.41. The Morgan fingerprint density at radius 1 is 1.07 bits per heavy atom. The number of amides is 1. The van der Waals surface area contributed by atoms with Gasteiger partial charge in [0.25, 0.3) is 5.91 Å². The number of benzene rings is 2. The third-order valence-electron chi connectivity index (χ3n) is 4.39. The normalized spacial score (nSPS) is 11.8. The average molecular weight is 416 g/mol. The van der Waals surface area contributed by atoms with Gasteiger partial charge in [0.05, 0.1) is 13.2 Å².